The normalized spacial score (nSPS) is 10.6. The Morgan fingerprint density at radius 2 is 1.33 bits per heavy atom. The summed E-state index contributed by atoms with van der Waals surface area (Å²) >= 11 is 0. The number of rotatable bonds is 10. The highest BCUT2D eigenvalue weighted by molar-refractivity contribution is 6.01. The van der Waals surface area contributed by atoms with Gasteiger partial charge in [0, 0.05) is 10.8 Å². The third-order valence-corrected chi connectivity index (χ3v) is 4.89. The highest BCUT2D eigenvalue weighted by atomic mass is 16.6. The van der Waals surface area contributed by atoms with Crippen LogP contribution in [0, 0.1) is 0 Å². The summed E-state index contributed by atoms with van der Waals surface area (Å²) in [6, 6.07) is 16.5. The first kappa shape index (κ1) is 21.5. The largest absolute Gasteiger partial charge is 0.490 e. The molecule has 0 unspecified atom stereocenters. The number of carbonyl (C=O) groups excluding carboxylic acids is 1. The summed E-state index contributed by atoms with van der Waals surface area (Å²) in [5, 5.41) is 1.53. The van der Waals surface area contributed by atoms with Crippen LogP contribution in [0.3, 0.4) is 0 Å². The molecule has 0 bridgehead atoms. The number of hydrogen-bond donors (Lipinski definition) is 0. The molecule has 0 amide bonds. The Bertz CT molecular complexity index is 982. The average molecular weight is 408 g/mol. The molecule has 0 heterocycles. The molecule has 0 N–H and O–H groups in total. The molecular weight excluding hydrogens is 380 g/mol. The Morgan fingerprint density at radius 1 is 0.733 bits per heavy atom. The zero-order valence-corrected chi connectivity index (χ0v) is 17.8. The number of ether oxygens (including phenoxy) is 4. The van der Waals surface area contributed by atoms with Gasteiger partial charge in [0.15, 0.2) is 11.5 Å². The van der Waals surface area contributed by atoms with Gasteiger partial charge in [0.1, 0.15) is 0 Å². The molecular formula is C25H28O5. The monoisotopic (exact) mass is 408 g/mol. The van der Waals surface area contributed by atoms with Gasteiger partial charge in [-0.25, -0.2) is 4.79 Å². The number of methoxy groups -OCH3 is 2. The summed E-state index contributed by atoms with van der Waals surface area (Å²) in [6.45, 7) is 2.75. The first-order valence-corrected chi connectivity index (χ1v) is 10.3. The first-order chi connectivity index (χ1) is 14.7. The van der Waals surface area contributed by atoms with Gasteiger partial charge in [-0.2, -0.15) is 0 Å². The molecule has 0 atom stereocenters. The molecule has 3 rings (SSSR count). The summed E-state index contributed by atoms with van der Waals surface area (Å²) in [5.41, 5.74) is 0.457. The Balaban J connectivity index is 2.03. The van der Waals surface area contributed by atoms with E-state index < -0.39 is 5.97 Å². The van der Waals surface area contributed by atoms with Gasteiger partial charge in [-0.3, -0.25) is 0 Å². The lowest BCUT2D eigenvalue weighted by atomic mass is 10.1. The lowest BCUT2D eigenvalue weighted by Crippen LogP contribution is -2.10. The molecule has 0 radical (unpaired) electrons. The highest BCUT2D eigenvalue weighted by Gasteiger charge is 2.25. The van der Waals surface area contributed by atoms with Gasteiger partial charge in [-0.15, -0.1) is 0 Å². The van der Waals surface area contributed by atoms with Crippen LogP contribution >= 0.6 is 0 Å². The van der Waals surface area contributed by atoms with E-state index in [4.69, 9.17) is 18.9 Å². The van der Waals surface area contributed by atoms with Crippen molar-refractivity contribution in [3.05, 3.63) is 60.2 Å². The van der Waals surface area contributed by atoms with E-state index in [0.29, 0.717) is 35.2 Å². The van der Waals surface area contributed by atoms with Crippen LogP contribution in [-0.2, 0) is 0 Å². The number of unbranched alkanes of at least 4 members (excludes halogenated alkanes) is 3. The minimum Gasteiger partial charge on any atom is -0.490 e. The molecule has 3 aromatic rings. The predicted octanol–water partition coefficient (Wildman–Crippen LogP) is 6.04. The molecule has 30 heavy (non-hydrogen) atoms. The zero-order valence-electron chi connectivity index (χ0n) is 17.8. The number of esters is 1. The number of hydrogen-bond acceptors (Lipinski definition) is 5. The quantitative estimate of drug-likeness (QED) is 0.233. The summed E-state index contributed by atoms with van der Waals surface area (Å²) in [5.74, 6) is 1.21. The van der Waals surface area contributed by atoms with Crippen molar-refractivity contribution >= 4 is 16.7 Å². The minimum atomic E-state index is -0.464. The van der Waals surface area contributed by atoms with Gasteiger partial charge < -0.3 is 18.9 Å². The van der Waals surface area contributed by atoms with Crippen molar-refractivity contribution in [3.63, 3.8) is 0 Å². The smallest absolute Gasteiger partial charge is 0.343 e. The van der Waals surface area contributed by atoms with Crippen LogP contribution in [0.25, 0.3) is 10.8 Å². The number of fused-ring (bicyclic) bond motifs is 1. The summed E-state index contributed by atoms with van der Waals surface area (Å²) in [4.78, 5) is 12.7. The van der Waals surface area contributed by atoms with Crippen molar-refractivity contribution in [2.45, 2.75) is 32.6 Å². The molecule has 3 aromatic carbocycles. The highest BCUT2D eigenvalue weighted by Crippen LogP contribution is 2.51. The van der Waals surface area contributed by atoms with Gasteiger partial charge >= 0.3 is 5.97 Å². The SMILES string of the molecule is CCCCCCOc1c(OC)c(OC)c(OC(=O)c2ccccc2)c2ccccc12. The summed E-state index contributed by atoms with van der Waals surface area (Å²) < 4.78 is 23.2. The Kier molecular flexibility index (Phi) is 7.55. The third kappa shape index (κ3) is 4.67. The van der Waals surface area contributed by atoms with Crippen molar-refractivity contribution in [2.24, 2.45) is 0 Å². The van der Waals surface area contributed by atoms with E-state index in [-0.39, 0.29) is 0 Å². The van der Waals surface area contributed by atoms with Crippen molar-refractivity contribution in [1.29, 1.82) is 0 Å². The van der Waals surface area contributed by atoms with Gasteiger partial charge in [0.05, 0.1) is 26.4 Å². The summed E-state index contributed by atoms with van der Waals surface area (Å²) in [7, 11) is 3.08. The molecule has 0 aliphatic heterocycles. The van der Waals surface area contributed by atoms with Crippen LogP contribution in [0.15, 0.2) is 54.6 Å². The van der Waals surface area contributed by atoms with E-state index in [2.05, 4.69) is 6.92 Å². The second-order valence-corrected chi connectivity index (χ2v) is 6.93. The lowest BCUT2D eigenvalue weighted by molar-refractivity contribution is 0.0731. The molecule has 0 spiro atoms. The number of carbonyl (C=O) groups is 1. The van der Waals surface area contributed by atoms with Crippen molar-refractivity contribution in [2.75, 3.05) is 20.8 Å². The van der Waals surface area contributed by atoms with Crippen LogP contribution in [0.5, 0.6) is 23.0 Å². The topological polar surface area (TPSA) is 54.0 Å². The van der Waals surface area contributed by atoms with E-state index in [1.807, 2.05) is 30.3 Å². The predicted molar refractivity (Wildman–Crippen MR) is 118 cm³/mol. The molecule has 0 aliphatic carbocycles. The second kappa shape index (κ2) is 10.5. The summed E-state index contributed by atoms with van der Waals surface area (Å²) in [6.07, 6.45) is 4.42. The van der Waals surface area contributed by atoms with Gasteiger partial charge in [-0.1, -0.05) is 68.7 Å². The second-order valence-electron chi connectivity index (χ2n) is 6.93. The standard InChI is InChI=1S/C25H28O5/c1-4-5-6-12-17-29-21-19-15-10-11-16-20(19)22(24(28-3)23(21)27-2)30-25(26)18-13-8-7-9-14-18/h7-11,13-16H,4-6,12,17H2,1-3H3. The van der Waals surface area contributed by atoms with E-state index >= 15 is 0 Å². The fourth-order valence-corrected chi connectivity index (χ4v) is 3.37. The Labute approximate surface area is 177 Å². The molecule has 5 heteroatoms. The van der Waals surface area contributed by atoms with Crippen LogP contribution in [-0.4, -0.2) is 26.8 Å². The van der Waals surface area contributed by atoms with Crippen molar-refractivity contribution < 1.29 is 23.7 Å². The van der Waals surface area contributed by atoms with Gasteiger partial charge in [0.2, 0.25) is 11.5 Å². The molecule has 0 aliphatic rings. The third-order valence-electron chi connectivity index (χ3n) is 4.89. The average Bonchev–Trinajstić information content (AvgIpc) is 2.80. The fraction of sp³-hybridized carbons (Fsp3) is 0.320. The van der Waals surface area contributed by atoms with E-state index in [0.717, 1.165) is 23.6 Å². The molecule has 158 valence electrons. The molecule has 0 saturated heterocycles. The maximum atomic E-state index is 12.7. The number of benzene rings is 3. The van der Waals surface area contributed by atoms with Gasteiger partial charge in [-0.05, 0) is 18.6 Å². The molecule has 0 saturated carbocycles. The Morgan fingerprint density at radius 3 is 1.97 bits per heavy atom. The van der Waals surface area contributed by atoms with Crippen LogP contribution < -0.4 is 18.9 Å². The van der Waals surface area contributed by atoms with E-state index in [1.54, 1.807) is 31.4 Å². The maximum Gasteiger partial charge on any atom is 0.343 e. The minimum absolute atomic E-state index is 0.317. The van der Waals surface area contributed by atoms with Crippen LogP contribution in [0.2, 0.25) is 0 Å². The molecule has 5 nitrogen and oxygen atoms in total. The van der Waals surface area contributed by atoms with Gasteiger partial charge in [0.25, 0.3) is 0 Å². The first-order valence-electron chi connectivity index (χ1n) is 10.3. The Hall–Kier alpha value is -3.21. The van der Waals surface area contributed by atoms with Crippen LogP contribution in [0.1, 0.15) is 43.0 Å². The van der Waals surface area contributed by atoms with Crippen molar-refractivity contribution in [1.82, 2.24) is 0 Å². The van der Waals surface area contributed by atoms with E-state index in [1.165, 1.54) is 20.0 Å². The lowest BCUT2D eigenvalue weighted by Gasteiger charge is -2.20. The molecule has 0 aromatic heterocycles. The zero-order chi connectivity index (χ0) is 21.3. The fourth-order valence-electron chi connectivity index (χ4n) is 3.37. The maximum absolute atomic E-state index is 12.7. The molecule has 0 fully saturated rings. The van der Waals surface area contributed by atoms with Crippen molar-refractivity contribution in [3.8, 4) is 23.0 Å². The van der Waals surface area contributed by atoms with E-state index in [9.17, 15) is 4.79 Å². The van der Waals surface area contributed by atoms with Crippen LogP contribution in [0.4, 0.5) is 0 Å².